The fraction of sp³-hybridized carbons (Fsp3) is 0.522. The first-order valence-corrected chi connectivity index (χ1v) is 11.1. The van der Waals surface area contributed by atoms with E-state index in [9.17, 15) is 4.39 Å². The molecule has 164 valence electrons. The number of anilines is 1. The third-order valence-corrected chi connectivity index (χ3v) is 6.42. The van der Waals surface area contributed by atoms with Crippen molar-refractivity contribution >= 4 is 17.0 Å². The van der Waals surface area contributed by atoms with E-state index in [4.69, 9.17) is 19.7 Å². The van der Waals surface area contributed by atoms with Crippen LogP contribution < -0.4 is 4.90 Å². The molecular weight excluding hydrogens is 395 g/mol. The minimum absolute atomic E-state index is 0.233. The Morgan fingerprint density at radius 3 is 2.45 bits per heavy atom. The van der Waals surface area contributed by atoms with Crippen LogP contribution in [-0.2, 0) is 4.74 Å². The van der Waals surface area contributed by atoms with E-state index in [1.165, 1.54) is 6.07 Å². The maximum atomic E-state index is 13.8. The van der Waals surface area contributed by atoms with Gasteiger partial charge in [-0.1, -0.05) is 0 Å². The van der Waals surface area contributed by atoms with Gasteiger partial charge in [0.1, 0.15) is 17.5 Å². The minimum atomic E-state index is -0.233. The molecule has 2 aliphatic rings. The summed E-state index contributed by atoms with van der Waals surface area (Å²) in [5.74, 6) is 2.26. The van der Waals surface area contributed by atoms with Crippen molar-refractivity contribution in [2.24, 2.45) is 0 Å². The largest absolute Gasteiger partial charge is 0.381 e. The molecule has 0 aliphatic carbocycles. The molecule has 31 heavy (non-hydrogen) atoms. The molecule has 2 saturated heterocycles. The maximum Gasteiger partial charge on any atom is 0.166 e. The number of hydrogen-bond donors (Lipinski definition) is 0. The lowest BCUT2D eigenvalue weighted by atomic mass is 10.1. The Bertz CT molecular complexity index is 1100. The van der Waals surface area contributed by atoms with Gasteiger partial charge in [0.25, 0.3) is 0 Å². The summed E-state index contributed by atoms with van der Waals surface area (Å²) in [6.07, 6.45) is 1.82. The van der Waals surface area contributed by atoms with E-state index in [0.29, 0.717) is 0 Å². The summed E-state index contributed by atoms with van der Waals surface area (Å²) in [5.41, 5.74) is 3.51. The lowest BCUT2D eigenvalue weighted by Crippen LogP contribution is -2.45. The van der Waals surface area contributed by atoms with Crippen LogP contribution in [0.2, 0.25) is 0 Å². The summed E-state index contributed by atoms with van der Waals surface area (Å²) < 4.78 is 21.7. The number of ether oxygens (including phenoxy) is 1. The van der Waals surface area contributed by atoms with Crippen molar-refractivity contribution in [2.45, 2.75) is 32.7 Å². The minimum Gasteiger partial charge on any atom is -0.381 e. The topological polar surface area (TPSA) is 59.3 Å². The van der Waals surface area contributed by atoms with Crippen LogP contribution >= 0.6 is 0 Å². The summed E-state index contributed by atoms with van der Waals surface area (Å²) in [5, 5.41) is 0. The fourth-order valence-corrected chi connectivity index (χ4v) is 4.66. The molecule has 3 aromatic rings. The monoisotopic (exact) mass is 424 g/mol. The van der Waals surface area contributed by atoms with Gasteiger partial charge in [0.05, 0.1) is 0 Å². The Morgan fingerprint density at radius 2 is 1.74 bits per heavy atom. The predicted molar refractivity (Wildman–Crippen MR) is 119 cm³/mol. The SMILES string of the molecule is Cc1nc(N2CCN(C)CC2)c2nc(-c3ccc(F)cc3C)n(C3CCOCC3)c2n1. The van der Waals surface area contributed by atoms with Gasteiger partial charge < -0.3 is 19.1 Å². The number of aromatic nitrogens is 4. The zero-order chi connectivity index (χ0) is 21.5. The number of piperazine rings is 1. The number of nitrogens with zero attached hydrogens (tertiary/aromatic N) is 6. The number of likely N-dealkylation sites (N-methyl/N-ethyl adjacent to an activating group) is 1. The number of rotatable bonds is 3. The van der Waals surface area contributed by atoms with Gasteiger partial charge in [-0.15, -0.1) is 0 Å². The van der Waals surface area contributed by atoms with Crippen molar-refractivity contribution in [3.63, 3.8) is 0 Å². The van der Waals surface area contributed by atoms with Crippen molar-refractivity contribution in [1.29, 1.82) is 0 Å². The van der Waals surface area contributed by atoms with Crippen LogP contribution in [-0.4, -0.2) is 70.9 Å². The molecule has 4 heterocycles. The molecule has 0 amide bonds. The summed E-state index contributed by atoms with van der Waals surface area (Å²) in [4.78, 5) is 19.4. The highest BCUT2D eigenvalue weighted by molar-refractivity contribution is 5.87. The van der Waals surface area contributed by atoms with Crippen molar-refractivity contribution in [1.82, 2.24) is 24.4 Å². The molecule has 0 N–H and O–H groups in total. The second-order valence-electron chi connectivity index (χ2n) is 8.67. The molecule has 1 aromatic carbocycles. The second kappa shape index (κ2) is 8.16. The summed E-state index contributed by atoms with van der Waals surface area (Å²) in [6.45, 7) is 9.15. The number of fused-ring (bicyclic) bond motifs is 1. The van der Waals surface area contributed by atoms with Crippen LogP contribution in [0.5, 0.6) is 0 Å². The van der Waals surface area contributed by atoms with E-state index in [1.807, 2.05) is 19.9 Å². The number of benzene rings is 1. The van der Waals surface area contributed by atoms with Gasteiger partial charge >= 0.3 is 0 Å². The predicted octanol–water partition coefficient (Wildman–Crippen LogP) is 3.35. The van der Waals surface area contributed by atoms with Crippen LogP contribution in [0.4, 0.5) is 10.2 Å². The van der Waals surface area contributed by atoms with Gasteiger partial charge in [-0.25, -0.2) is 19.3 Å². The number of aryl methyl sites for hydroxylation is 2. The third-order valence-electron chi connectivity index (χ3n) is 6.42. The number of hydrogen-bond acceptors (Lipinski definition) is 6. The molecule has 5 rings (SSSR count). The Labute approximate surface area is 181 Å². The molecule has 2 aliphatic heterocycles. The van der Waals surface area contributed by atoms with Crippen LogP contribution in [0.25, 0.3) is 22.6 Å². The van der Waals surface area contributed by atoms with Gasteiger partial charge in [0.15, 0.2) is 17.0 Å². The quantitative estimate of drug-likeness (QED) is 0.643. The van der Waals surface area contributed by atoms with Crippen molar-refractivity contribution < 1.29 is 9.13 Å². The number of halogens is 1. The Morgan fingerprint density at radius 1 is 1.00 bits per heavy atom. The zero-order valence-electron chi connectivity index (χ0n) is 18.4. The van der Waals surface area contributed by atoms with E-state index >= 15 is 0 Å². The third kappa shape index (κ3) is 3.78. The van der Waals surface area contributed by atoms with E-state index in [0.717, 1.165) is 92.0 Å². The highest BCUT2D eigenvalue weighted by Crippen LogP contribution is 2.36. The summed E-state index contributed by atoms with van der Waals surface area (Å²) >= 11 is 0. The van der Waals surface area contributed by atoms with Gasteiger partial charge in [0.2, 0.25) is 0 Å². The van der Waals surface area contributed by atoms with Crippen LogP contribution in [0, 0.1) is 19.7 Å². The molecule has 0 saturated carbocycles. The van der Waals surface area contributed by atoms with E-state index < -0.39 is 0 Å². The first-order valence-electron chi connectivity index (χ1n) is 11.1. The zero-order valence-corrected chi connectivity index (χ0v) is 18.4. The lowest BCUT2D eigenvalue weighted by Gasteiger charge is -2.33. The molecule has 0 radical (unpaired) electrons. The first-order chi connectivity index (χ1) is 15.0. The first kappa shape index (κ1) is 20.3. The molecule has 2 fully saturated rings. The second-order valence-corrected chi connectivity index (χ2v) is 8.67. The molecule has 0 atom stereocenters. The molecule has 2 aromatic heterocycles. The van der Waals surface area contributed by atoms with Crippen LogP contribution in [0.15, 0.2) is 18.2 Å². The van der Waals surface area contributed by atoms with Gasteiger partial charge in [0, 0.05) is 51.0 Å². The Kier molecular flexibility index (Phi) is 5.35. The molecule has 8 heteroatoms. The highest BCUT2D eigenvalue weighted by atomic mass is 19.1. The van der Waals surface area contributed by atoms with E-state index in [-0.39, 0.29) is 11.9 Å². The lowest BCUT2D eigenvalue weighted by molar-refractivity contribution is 0.0708. The fourth-order valence-electron chi connectivity index (χ4n) is 4.66. The summed E-state index contributed by atoms with van der Waals surface area (Å²) in [7, 11) is 2.15. The Balaban J connectivity index is 1.72. The average molecular weight is 425 g/mol. The van der Waals surface area contributed by atoms with Crippen molar-refractivity contribution in [2.75, 3.05) is 51.3 Å². The van der Waals surface area contributed by atoms with Gasteiger partial charge in [-0.2, -0.15) is 0 Å². The molecule has 0 unspecified atom stereocenters. The van der Waals surface area contributed by atoms with Crippen molar-refractivity contribution in [3.05, 3.63) is 35.4 Å². The molecular formula is C23H29FN6O. The van der Waals surface area contributed by atoms with Crippen LogP contribution in [0.1, 0.15) is 30.3 Å². The molecule has 0 bridgehead atoms. The standard InChI is InChI=1S/C23H29FN6O/c1-15-14-17(24)4-5-19(15)21-27-20-22(29-10-8-28(3)9-11-29)25-16(2)26-23(20)30(21)18-6-12-31-13-7-18/h4-5,14,18H,6-13H2,1-3H3. The molecule has 7 nitrogen and oxygen atoms in total. The smallest absolute Gasteiger partial charge is 0.166 e. The van der Waals surface area contributed by atoms with E-state index in [1.54, 1.807) is 6.07 Å². The molecule has 0 spiro atoms. The maximum absolute atomic E-state index is 13.8. The average Bonchev–Trinajstić information content (AvgIpc) is 3.13. The van der Waals surface area contributed by atoms with Crippen LogP contribution in [0.3, 0.4) is 0 Å². The van der Waals surface area contributed by atoms with Gasteiger partial charge in [-0.3, -0.25) is 0 Å². The van der Waals surface area contributed by atoms with Crippen molar-refractivity contribution in [3.8, 4) is 11.4 Å². The highest BCUT2D eigenvalue weighted by Gasteiger charge is 2.28. The van der Waals surface area contributed by atoms with E-state index in [2.05, 4.69) is 21.4 Å². The normalized spacial score (nSPS) is 18.8. The van der Waals surface area contributed by atoms with Gasteiger partial charge in [-0.05, 0) is 57.5 Å². The number of imidazole rings is 1. The Hall–Kier alpha value is -2.58. The summed E-state index contributed by atoms with van der Waals surface area (Å²) in [6, 6.07) is 5.15.